The number of nitrogens with one attached hydrogen (secondary N) is 1. The minimum atomic E-state index is -0.345. The van der Waals surface area contributed by atoms with Gasteiger partial charge in [-0.3, -0.25) is 19.7 Å². The predicted molar refractivity (Wildman–Crippen MR) is 149 cm³/mol. The zero-order valence-corrected chi connectivity index (χ0v) is 21.7. The molecule has 1 fully saturated rings. The molecule has 194 valence electrons. The molecule has 0 radical (unpaired) electrons. The molecule has 4 aromatic rings. The van der Waals surface area contributed by atoms with Gasteiger partial charge in [0.2, 0.25) is 0 Å². The highest BCUT2D eigenvalue weighted by Gasteiger charge is 2.19. The van der Waals surface area contributed by atoms with E-state index in [-0.39, 0.29) is 23.4 Å². The van der Waals surface area contributed by atoms with E-state index in [9.17, 15) is 9.90 Å². The van der Waals surface area contributed by atoms with Gasteiger partial charge in [-0.2, -0.15) is 0 Å². The molecule has 0 bridgehead atoms. The lowest BCUT2D eigenvalue weighted by Gasteiger charge is -2.30. The molecule has 8 nitrogen and oxygen atoms in total. The molecule has 1 aliphatic heterocycles. The van der Waals surface area contributed by atoms with Crippen molar-refractivity contribution in [2.24, 2.45) is 5.73 Å². The number of phenolic OH excluding ortho intramolecular Hbond substituents is 1. The van der Waals surface area contributed by atoms with Crippen molar-refractivity contribution in [2.45, 2.75) is 39.3 Å². The number of aromatic hydroxyl groups is 1. The number of carbonyl (C=O) groups is 1. The minimum Gasteiger partial charge on any atom is -0.508 e. The standard InChI is InChI=1S/C30H32N6O2/c1-19-15-33-28(14-26(19)22-7-9-25(37)10-8-22)30(38)35-29-13-21(17-36-11-3-4-24(31)18-36)12-27(34-29)23-6-5-20(2)32-16-23/h5-10,12-16,24,37H,3-4,11,17-18,31H2,1-2H3,(H,34,35,38)/t24-/m0/s1. The van der Waals surface area contributed by atoms with Crippen LogP contribution in [0, 0.1) is 13.8 Å². The Bertz CT molecular complexity index is 1440. The Balaban J connectivity index is 1.44. The van der Waals surface area contributed by atoms with Crippen LogP contribution in [0.2, 0.25) is 0 Å². The molecule has 3 aromatic heterocycles. The summed E-state index contributed by atoms with van der Waals surface area (Å²) in [4.78, 5) is 29.2. The molecule has 1 atom stereocenters. The summed E-state index contributed by atoms with van der Waals surface area (Å²) in [7, 11) is 0. The first-order chi connectivity index (χ1) is 18.3. The molecule has 4 heterocycles. The largest absolute Gasteiger partial charge is 0.508 e. The van der Waals surface area contributed by atoms with Crippen molar-refractivity contribution >= 4 is 11.7 Å². The maximum Gasteiger partial charge on any atom is 0.275 e. The average molecular weight is 509 g/mol. The van der Waals surface area contributed by atoms with E-state index < -0.39 is 0 Å². The van der Waals surface area contributed by atoms with Crippen LogP contribution in [0.25, 0.3) is 22.4 Å². The molecular formula is C30H32N6O2. The van der Waals surface area contributed by atoms with Gasteiger partial charge in [-0.05, 0) is 98.0 Å². The lowest BCUT2D eigenvalue weighted by Crippen LogP contribution is -2.42. The number of carbonyl (C=O) groups excluding carboxylic acids is 1. The summed E-state index contributed by atoms with van der Waals surface area (Å²) in [5.74, 6) is 0.302. The van der Waals surface area contributed by atoms with Crippen LogP contribution < -0.4 is 11.1 Å². The van der Waals surface area contributed by atoms with Crippen LogP contribution in [-0.4, -0.2) is 50.0 Å². The molecule has 0 spiro atoms. The van der Waals surface area contributed by atoms with E-state index in [4.69, 9.17) is 10.7 Å². The number of phenols is 1. The second-order valence-corrected chi connectivity index (χ2v) is 9.96. The number of likely N-dealkylation sites (tertiary alicyclic amines) is 1. The van der Waals surface area contributed by atoms with Crippen molar-refractivity contribution < 1.29 is 9.90 Å². The number of amides is 1. The summed E-state index contributed by atoms with van der Waals surface area (Å²) < 4.78 is 0. The van der Waals surface area contributed by atoms with Gasteiger partial charge in [-0.25, -0.2) is 4.98 Å². The number of hydrogen-bond donors (Lipinski definition) is 3. The lowest BCUT2D eigenvalue weighted by molar-refractivity contribution is 0.102. The normalized spacial score (nSPS) is 15.8. The second-order valence-electron chi connectivity index (χ2n) is 9.96. The second kappa shape index (κ2) is 11.1. The van der Waals surface area contributed by atoms with Crippen LogP contribution in [0.15, 0.2) is 67.0 Å². The Kier molecular flexibility index (Phi) is 7.44. The SMILES string of the molecule is Cc1ccc(-c2cc(CN3CCC[C@H](N)C3)cc(NC(=O)c3cc(-c4ccc(O)cc4)c(C)cn3)n2)cn1. The van der Waals surface area contributed by atoms with Gasteiger partial charge >= 0.3 is 0 Å². The van der Waals surface area contributed by atoms with Gasteiger partial charge < -0.3 is 16.2 Å². The Hall–Kier alpha value is -4.14. The average Bonchev–Trinajstić information content (AvgIpc) is 2.90. The fourth-order valence-corrected chi connectivity index (χ4v) is 4.78. The summed E-state index contributed by atoms with van der Waals surface area (Å²) in [6.07, 6.45) is 5.61. The number of aromatic nitrogens is 3. The highest BCUT2D eigenvalue weighted by Crippen LogP contribution is 2.27. The van der Waals surface area contributed by atoms with Crippen LogP contribution >= 0.6 is 0 Å². The fourth-order valence-electron chi connectivity index (χ4n) is 4.78. The zero-order valence-electron chi connectivity index (χ0n) is 21.7. The molecule has 1 aromatic carbocycles. The van der Waals surface area contributed by atoms with Gasteiger partial charge in [0.15, 0.2) is 0 Å². The molecule has 5 rings (SSSR count). The molecular weight excluding hydrogens is 476 g/mol. The molecule has 1 amide bonds. The molecule has 0 aliphatic carbocycles. The Labute approximate surface area is 222 Å². The van der Waals surface area contributed by atoms with Crippen molar-refractivity contribution in [2.75, 3.05) is 18.4 Å². The third-order valence-electron chi connectivity index (χ3n) is 6.80. The van der Waals surface area contributed by atoms with Crippen molar-refractivity contribution in [1.82, 2.24) is 19.9 Å². The number of piperidine rings is 1. The van der Waals surface area contributed by atoms with E-state index in [0.29, 0.717) is 5.82 Å². The molecule has 4 N–H and O–H groups in total. The fraction of sp³-hybridized carbons (Fsp3) is 0.267. The third-order valence-corrected chi connectivity index (χ3v) is 6.80. The molecule has 1 aliphatic rings. The van der Waals surface area contributed by atoms with E-state index in [1.165, 1.54) is 0 Å². The Morgan fingerprint density at radius 3 is 2.58 bits per heavy atom. The summed E-state index contributed by atoms with van der Waals surface area (Å²) in [6, 6.07) is 16.7. The summed E-state index contributed by atoms with van der Waals surface area (Å²) in [6.45, 7) is 6.44. The van der Waals surface area contributed by atoms with Crippen molar-refractivity contribution in [1.29, 1.82) is 0 Å². The first kappa shape index (κ1) is 25.5. The first-order valence-electron chi connectivity index (χ1n) is 12.8. The van der Waals surface area contributed by atoms with E-state index in [1.54, 1.807) is 30.6 Å². The van der Waals surface area contributed by atoms with Crippen molar-refractivity contribution in [3.63, 3.8) is 0 Å². The van der Waals surface area contributed by atoms with Gasteiger partial charge in [0.05, 0.1) is 5.69 Å². The number of aryl methyl sites for hydroxylation is 2. The highest BCUT2D eigenvalue weighted by atomic mass is 16.3. The van der Waals surface area contributed by atoms with Gasteiger partial charge in [0, 0.05) is 42.8 Å². The zero-order chi connectivity index (χ0) is 26.6. The van der Waals surface area contributed by atoms with Crippen LogP contribution in [0.3, 0.4) is 0 Å². The number of pyridine rings is 3. The van der Waals surface area contributed by atoms with Crippen LogP contribution in [-0.2, 0) is 6.54 Å². The monoisotopic (exact) mass is 508 g/mol. The van der Waals surface area contributed by atoms with Gasteiger partial charge in [0.1, 0.15) is 17.3 Å². The highest BCUT2D eigenvalue weighted by molar-refractivity contribution is 6.03. The summed E-state index contributed by atoms with van der Waals surface area (Å²) in [5, 5.41) is 12.6. The van der Waals surface area contributed by atoms with Crippen LogP contribution in [0.1, 0.15) is 40.2 Å². The van der Waals surface area contributed by atoms with Crippen molar-refractivity contribution in [3.8, 4) is 28.1 Å². The van der Waals surface area contributed by atoms with E-state index >= 15 is 0 Å². The van der Waals surface area contributed by atoms with Crippen LogP contribution in [0.4, 0.5) is 5.82 Å². The number of nitrogens with two attached hydrogens (primary N) is 1. The molecule has 0 saturated carbocycles. The van der Waals surface area contributed by atoms with Crippen LogP contribution in [0.5, 0.6) is 5.75 Å². The maximum absolute atomic E-state index is 13.3. The quantitative estimate of drug-likeness (QED) is 0.345. The Morgan fingerprint density at radius 2 is 1.84 bits per heavy atom. The van der Waals surface area contributed by atoms with Gasteiger partial charge in [-0.1, -0.05) is 12.1 Å². The van der Waals surface area contributed by atoms with E-state index in [2.05, 4.69) is 26.3 Å². The lowest BCUT2D eigenvalue weighted by atomic mass is 10.0. The number of anilines is 1. The van der Waals surface area contributed by atoms with Crippen molar-refractivity contribution in [3.05, 3.63) is 89.5 Å². The molecule has 8 heteroatoms. The van der Waals surface area contributed by atoms with Gasteiger partial charge in [0.25, 0.3) is 5.91 Å². The smallest absolute Gasteiger partial charge is 0.275 e. The minimum absolute atomic E-state index is 0.181. The predicted octanol–water partition coefficient (Wildman–Crippen LogP) is 4.70. The number of hydrogen-bond acceptors (Lipinski definition) is 7. The number of rotatable bonds is 6. The molecule has 1 saturated heterocycles. The maximum atomic E-state index is 13.3. The summed E-state index contributed by atoms with van der Waals surface area (Å²) >= 11 is 0. The van der Waals surface area contributed by atoms with E-state index in [1.807, 2.05) is 44.2 Å². The van der Waals surface area contributed by atoms with Gasteiger partial charge in [-0.15, -0.1) is 0 Å². The first-order valence-corrected chi connectivity index (χ1v) is 12.8. The Morgan fingerprint density at radius 1 is 1.05 bits per heavy atom. The number of nitrogens with zero attached hydrogens (tertiary/aromatic N) is 4. The molecule has 38 heavy (non-hydrogen) atoms. The van der Waals surface area contributed by atoms with E-state index in [0.717, 1.165) is 71.7 Å². The topological polar surface area (TPSA) is 117 Å². The summed E-state index contributed by atoms with van der Waals surface area (Å²) in [5.41, 5.74) is 12.8. The number of benzene rings is 1. The third kappa shape index (κ3) is 6.04. The molecule has 0 unspecified atom stereocenters.